The van der Waals surface area contributed by atoms with E-state index in [0.717, 1.165) is 0 Å². The fraction of sp³-hybridized carbons (Fsp3) is 0. The number of nitrogens with zero attached hydrogens (tertiary/aromatic N) is 1. The van der Waals surface area contributed by atoms with Gasteiger partial charge in [-0.25, -0.2) is 0 Å². The molecule has 0 amide bonds. The van der Waals surface area contributed by atoms with Gasteiger partial charge in [0.1, 0.15) is 0 Å². The molecule has 4 heteroatoms. The van der Waals surface area contributed by atoms with Gasteiger partial charge in [0.25, 0.3) is 0 Å². The number of hydrogen-bond acceptors (Lipinski definition) is 2. The second kappa shape index (κ2) is 9.96. The van der Waals surface area contributed by atoms with Gasteiger partial charge >= 0.3 is 0 Å². The summed E-state index contributed by atoms with van der Waals surface area (Å²) in [6.45, 7) is 0. The van der Waals surface area contributed by atoms with Crippen LogP contribution in [0.3, 0.4) is 0 Å². The fourth-order valence-electron chi connectivity index (χ4n) is 0. The Kier molecular flexibility index (Phi) is 22.0. The maximum absolute atomic E-state index is 8.32. The van der Waals surface area contributed by atoms with Crippen LogP contribution in [0.15, 0.2) is 4.70 Å². The summed E-state index contributed by atoms with van der Waals surface area (Å²) in [5.41, 5.74) is 0. The van der Waals surface area contributed by atoms with Crippen LogP contribution in [0.1, 0.15) is 0 Å². The van der Waals surface area contributed by atoms with Crippen LogP contribution in [0.5, 0.6) is 0 Å². The molecular weight excluding hydrogens is 121 g/mol. The molecule has 0 rings (SSSR count). The topological polar surface area (TPSA) is 29.4 Å². The molecule has 0 bridgehead atoms. The van der Waals surface area contributed by atoms with E-state index in [0.29, 0.717) is 0 Å². The second-order valence-electron chi connectivity index (χ2n) is 0.0690. The summed E-state index contributed by atoms with van der Waals surface area (Å²) in [5, 5.41) is 0. The molecule has 0 aromatic rings. The van der Waals surface area contributed by atoms with Gasteiger partial charge < -0.3 is 0 Å². The smallest absolute Gasteiger partial charge is 0.0835 e. The van der Waals surface area contributed by atoms with E-state index in [2.05, 4.69) is 11.8 Å². The van der Waals surface area contributed by atoms with Crippen LogP contribution in [0, 0.1) is 4.91 Å². The maximum atomic E-state index is 8.32. The molecule has 2 nitrogen and oxygen atoms in total. The Morgan fingerprint density at radius 3 is 1.75 bits per heavy atom. The maximum Gasteiger partial charge on any atom is 0.0835 e. The Morgan fingerprint density at radius 1 is 1.75 bits per heavy atom. The third kappa shape index (κ3) is 28.5. The van der Waals surface area contributed by atoms with Crippen molar-refractivity contribution in [2.75, 3.05) is 0 Å². The predicted molar refractivity (Wildman–Crippen MR) is 11.6 cm³/mol. The summed E-state index contributed by atoms with van der Waals surface area (Å²) < 4.78 is 1.72. The van der Waals surface area contributed by atoms with Gasteiger partial charge in [-0.3, -0.25) is 0 Å². The molecule has 0 aliphatic heterocycles. The van der Waals surface area contributed by atoms with E-state index in [-0.39, 0.29) is 17.1 Å². The van der Waals surface area contributed by atoms with Gasteiger partial charge in [0.05, 0.1) is 11.8 Å². The quantitative estimate of drug-likeness (QED) is 0.346. The van der Waals surface area contributed by atoms with E-state index in [9.17, 15) is 0 Å². The average Bonchev–Trinajstić information content (AvgIpc) is 0.918. The molecule has 4 heavy (non-hydrogen) atoms. The van der Waals surface area contributed by atoms with Crippen LogP contribution in [-0.4, -0.2) is 0 Å². The average molecular weight is 121 g/mol. The predicted octanol–water partition coefficient (Wildman–Crippen LogP) is 0.904. The van der Waals surface area contributed by atoms with E-state index >= 15 is 0 Å². The fourth-order valence-corrected chi connectivity index (χ4v) is 0. The zero-order chi connectivity index (χ0) is 2.71. The summed E-state index contributed by atoms with van der Waals surface area (Å²) in [4.78, 5) is 8.32. The van der Waals surface area contributed by atoms with Crippen molar-refractivity contribution < 1.29 is 17.1 Å². The van der Waals surface area contributed by atoms with Gasteiger partial charge in [-0.05, 0) is 0 Å². The minimum Gasteiger partial charge on any atom is -0.131 e. The molecule has 0 aromatic carbocycles. The Balaban J connectivity index is 0. The zero-order valence-electron chi connectivity index (χ0n) is 1.59. The summed E-state index contributed by atoms with van der Waals surface area (Å²) >= 11 is 4.07. The van der Waals surface area contributed by atoms with Crippen LogP contribution >= 0.6 is 11.8 Å². The van der Waals surface area contributed by atoms with Crippen molar-refractivity contribution >= 4 is 11.8 Å². The summed E-state index contributed by atoms with van der Waals surface area (Å²) in [5.74, 6) is 0. The largest absolute Gasteiger partial charge is 0.131 e. The molecule has 0 heterocycles. The molecule has 0 saturated heterocycles. The molecule has 0 radical (unpaired) electrons. The third-order valence-corrected chi connectivity index (χ3v) is 0. The van der Waals surface area contributed by atoms with Crippen LogP contribution < -0.4 is 0 Å². The number of halogens is 1. The first-order valence-electron chi connectivity index (χ1n) is 0.352. The molecule has 0 aliphatic carbocycles. The molecular formula is ClFeNO. The van der Waals surface area contributed by atoms with Gasteiger partial charge in [-0.1, -0.05) is 0 Å². The van der Waals surface area contributed by atoms with E-state index in [1.165, 1.54) is 0 Å². The van der Waals surface area contributed by atoms with Crippen LogP contribution in [0.25, 0.3) is 0 Å². The van der Waals surface area contributed by atoms with Crippen molar-refractivity contribution in [3.63, 3.8) is 0 Å². The molecule has 0 N–H and O–H groups in total. The first-order chi connectivity index (χ1) is 1.41. The zero-order valence-corrected chi connectivity index (χ0v) is 3.45. The van der Waals surface area contributed by atoms with Gasteiger partial charge in [-0.15, -0.1) is 4.91 Å². The Morgan fingerprint density at radius 2 is 1.75 bits per heavy atom. The minimum absolute atomic E-state index is 0. The molecule has 0 unspecified atom stereocenters. The van der Waals surface area contributed by atoms with E-state index < -0.39 is 0 Å². The molecule has 0 spiro atoms. The monoisotopic (exact) mass is 121 g/mol. The van der Waals surface area contributed by atoms with E-state index in [1.807, 2.05) is 0 Å². The van der Waals surface area contributed by atoms with Crippen molar-refractivity contribution in [1.82, 2.24) is 0 Å². The Hall–Kier alpha value is 0.409. The molecule has 26 valence electrons. The summed E-state index contributed by atoms with van der Waals surface area (Å²) in [7, 11) is 0. The second-order valence-corrected chi connectivity index (χ2v) is 0.207. The van der Waals surface area contributed by atoms with Crippen LogP contribution in [-0.2, 0) is 17.1 Å². The molecule has 0 aromatic heterocycles. The van der Waals surface area contributed by atoms with Crippen molar-refractivity contribution in [2.24, 2.45) is 4.70 Å². The first kappa shape index (κ1) is 8.83. The number of hydrogen-bond donors (Lipinski definition) is 0. The summed E-state index contributed by atoms with van der Waals surface area (Å²) in [6.07, 6.45) is 0. The normalized spacial score (nSPS) is 3.25. The van der Waals surface area contributed by atoms with Crippen LogP contribution in [0.2, 0.25) is 0 Å². The summed E-state index contributed by atoms with van der Waals surface area (Å²) in [6, 6.07) is 0. The third-order valence-electron chi connectivity index (χ3n) is 0. The van der Waals surface area contributed by atoms with Gasteiger partial charge in [0.15, 0.2) is 0 Å². The molecule has 0 atom stereocenters. The van der Waals surface area contributed by atoms with Crippen molar-refractivity contribution in [3.8, 4) is 0 Å². The van der Waals surface area contributed by atoms with Crippen molar-refractivity contribution in [2.45, 2.75) is 0 Å². The van der Waals surface area contributed by atoms with Gasteiger partial charge in [0, 0.05) is 21.8 Å². The minimum atomic E-state index is 0. The van der Waals surface area contributed by atoms with Gasteiger partial charge in [0.2, 0.25) is 0 Å². The number of rotatable bonds is 0. The Bertz CT molecular complexity index is 15.5. The van der Waals surface area contributed by atoms with E-state index in [1.54, 1.807) is 4.70 Å². The number of nitroso groups, excluding NO2 is 1. The first-order valence-corrected chi connectivity index (χ1v) is 0.690. The van der Waals surface area contributed by atoms with E-state index in [4.69, 9.17) is 4.91 Å². The molecule has 0 aliphatic rings. The Labute approximate surface area is 39.1 Å². The van der Waals surface area contributed by atoms with Crippen LogP contribution in [0.4, 0.5) is 0 Å². The molecule has 0 saturated carbocycles. The SMILES string of the molecule is O=NCl.[Fe]. The van der Waals surface area contributed by atoms with Gasteiger partial charge in [-0.2, -0.15) is 0 Å². The standard InChI is InChI=1S/ClNO.Fe/c1-2-3;. The van der Waals surface area contributed by atoms with Crippen molar-refractivity contribution in [1.29, 1.82) is 0 Å². The molecule has 0 fully saturated rings. The van der Waals surface area contributed by atoms with Crippen molar-refractivity contribution in [3.05, 3.63) is 4.91 Å².